The first-order chi connectivity index (χ1) is 15.9. The number of allylic oxidation sites excluding steroid dienone is 1. The Morgan fingerprint density at radius 3 is 2.12 bits per heavy atom. The lowest BCUT2D eigenvalue weighted by atomic mass is 10.1. The fraction of sp³-hybridized carbons (Fsp3) is 0.185. The van der Waals surface area contributed by atoms with Crippen LogP contribution in [0.5, 0.6) is 11.5 Å². The van der Waals surface area contributed by atoms with Crippen molar-refractivity contribution in [2.45, 2.75) is 19.3 Å². The van der Waals surface area contributed by atoms with Crippen molar-refractivity contribution in [1.82, 2.24) is 0 Å². The summed E-state index contributed by atoms with van der Waals surface area (Å²) >= 11 is 12.0. The van der Waals surface area contributed by atoms with Crippen LogP contribution in [0, 0.1) is 0 Å². The van der Waals surface area contributed by atoms with Crippen LogP contribution in [-0.4, -0.2) is 25.8 Å². The van der Waals surface area contributed by atoms with Gasteiger partial charge in [0.05, 0.1) is 14.2 Å². The summed E-state index contributed by atoms with van der Waals surface area (Å²) in [6.07, 6.45) is 4.01. The second kappa shape index (κ2) is 9.82. The molecule has 0 N–H and O–H groups in total. The lowest BCUT2D eigenvalue weighted by Crippen LogP contribution is -1.97. The lowest BCUT2D eigenvalue weighted by Gasteiger charge is -2.08. The molecule has 0 amide bonds. The molecule has 0 aromatic heterocycles. The van der Waals surface area contributed by atoms with E-state index in [1.807, 2.05) is 36.4 Å². The molecule has 4 nitrogen and oxygen atoms in total. The van der Waals surface area contributed by atoms with Gasteiger partial charge < -0.3 is 9.47 Å². The number of benzene rings is 3. The van der Waals surface area contributed by atoms with Gasteiger partial charge in [-0.3, -0.25) is 9.59 Å². The van der Waals surface area contributed by atoms with E-state index < -0.39 is 0 Å². The zero-order valence-corrected chi connectivity index (χ0v) is 19.8. The van der Waals surface area contributed by atoms with Gasteiger partial charge in [0.1, 0.15) is 0 Å². The third-order valence-electron chi connectivity index (χ3n) is 5.69. The van der Waals surface area contributed by atoms with Crippen molar-refractivity contribution < 1.29 is 19.1 Å². The fourth-order valence-corrected chi connectivity index (χ4v) is 4.65. The Morgan fingerprint density at radius 1 is 0.788 bits per heavy atom. The van der Waals surface area contributed by atoms with Crippen LogP contribution in [-0.2, 0) is 12.8 Å². The number of halogens is 2. The van der Waals surface area contributed by atoms with Gasteiger partial charge in [0.25, 0.3) is 0 Å². The number of ether oxygens (including phenoxy) is 2. The van der Waals surface area contributed by atoms with Crippen LogP contribution < -0.4 is 9.47 Å². The largest absolute Gasteiger partial charge is 0.493 e. The molecule has 168 valence electrons. The summed E-state index contributed by atoms with van der Waals surface area (Å²) in [5.74, 6) is 1.45. The lowest BCUT2D eigenvalue weighted by molar-refractivity contribution is 0.0993. The van der Waals surface area contributed by atoms with Gasteiger partial charge in [-0.1, -0.05) is 47.5 Å². The van der Waals surface area contributed by atoms with Crippen molar-refractivity contribution in [3.05, 3.63) is 98.0 Å². The summed E-state index contributed by atoms with van der Waals surface area (Å²) in [6, 6.07) is 16.6. The Balaban J connectivity index is 0.000000214. The van der Waals surface area contributed by atoms with Crippen molar-refractivity contribution in [2.75, 3.05) is 14.2 Å². The van der Waals surface area contributed by atoms with Crippen LogP contribution in [0.1, 0.15) is 43.8 Å². The highest BCUT2D eigenvalue weighted by molar-refractivity contribution is 6.34. The number of rotatable bonds is 3. The second-order valence-corrected chi connectivity index (χ2v) is 8.70. The van der Waals surface area contributed by atoms with E-state index in [-0.39, 0.29) is 5.78 Å². The Morgan fingerprint density at radius 2 is 1.45 bits per heavy atom. The molecule has 0 heterocycles. The van der Waals surface area contributed by atoms with Gasteiger partial charge in [-0.2, -0.15) is 0 Å². The van der Waals surface area contributed by atoms with E-state index in [4.69, 9.17) is 32.7 Å². The molecule has 0 aliphatic heterocycles. The number of hydrogen-bond acceptors (Lipinski definition) is 4. The number of methoxy groups -OCH3 is 2. The molecule has 5 rings (SSSR count). The second-order valence-electron chi connectivity index (χ2n) is 7.82. The van der Waals surface area contributed by atoms with Gasteiger partial charge in [-0.05, 0) is 59.5 Å². The predicted octanol–water partition coefficient (Wildman–Crippen LogP) is 6.65. The Bertz CT molecular complexity index is 1260. The molecule has 3 aromatic carbocycles. The first-order valence-corrected chi connectivity index (χ1v) is 11.2. The van der Waals surface area contributed by atoms with Crippen LogP contribution in [0.3, 0.4) is 0 Å². The first-order valence-electron chi connectivity index (χ1n) is 10.5. The van der Waals surface area contributed by atoms with Crippen LogP contribution in [0.25, 0.3) is 6.08 Å². The highest BCUT2D eigenvalue weighted by Gasteiger charge is 2.27. The predicted molar refractivity (Wildman–Crippen MR) is 131 cm³/mol. The molecule has 0 saturated heterocycles. The number of carbonyl (C=O) groups excluding carboxylic acids is 2. The van der Waals surface area contributed by atoms with Crippen LogP contribution in [0.4, 0.5) is 0 Å². The summed E-state index contributed by atoms with van der Waals surface area (Å²) in [7, 11) is 3.13. The first kappa shape index (κ1) is 23.1. The topological polar surface area (TPSA) is 52.6 Å². The third-order valence-corrected chi connectivity index (χ3v) is 6.13. The van der Waals surface area contributed by atoms with Crippen molar-refractivity contribution >= 4 is 40.8 Å². The van der Waals surface area contributed by atoms with Gasteiger partial charge in [0.15, 0.2) is 23.1 Å². The average molecular weight is 481 g/mol. The maximum Gasteiger partial charge on any atom is 0.189 e. The smallest absolute Gasteiger partial charge is 0.189 e. The molecule has 0 fully saturated rings. The molecular weight excluding hydrogens is 459 g/mol. The maximum absolute atomic E-state index is 12.6. The molecule has 3 aromatic rings. The number of ketones is 2. The van der Waals surface area contributed by atoms with Crippen molar-refractivity contribution in [2.24, 2.45) is 0 Å². The number of aryl methyl sites for hydroxylation is 1. The number of Topliss-reactive ketones (excluding diaryl/α,β-unsaturated/α-hetero) is 2. The molecule has 0 atom stereocenters. The Labute approximate surface area is 202 Å². The Kier molecular flexibility index (Phi) is 6.87. The minimum Gasteiger partial charge on any atom is -0.493 e. The van der Waals surface area contributed by atoms with Gasteiger partial charge in [0, 0.05) is 39.6 Å². The van der Waals surface area contributed by atoms with Crippen molar-refractivity contribution in [3.8, 4) is 11.5 Å². The summed E-state index contributed by atoms with van der Waals surface area (Å²) in [6.45, 7) is 0. The molecule has 0 unspecified atom stereocenters. The SMILES string of the molecule is COc1cc2c(cc1OC)C(=O)C(=Cc1cc(Cl)cc(Cl)c1)C2.O=C1CCc2ccccc21. The standard InChI is InChI=1S/C18H14Cl2O3.C9H8O/c1-22-16-7-11-6-12(18(21)15(11)9-17(16)23-2)3-10-4-13(19)8-14(20)5-10;10-9-6-5-7-3-1-2-4-8(7)9/h3-5,7-9H,6H2,1-2H3;1-4H,5-6H2. The van der Waals surface area contributed by atoms with Crippen molar-refractivity contribution in [3.63, 3.8) is 0 Å². The zero-order chi connectivity index (χ0) is 23.5. The highest BCUT2D eigenvalue weighted by atomic mass is 35.5. The van der Waals surface area contributed by atoms with Crippen LogP contribution in [0.15, 0.2) is 60.2 Å². The van der Waals surface area contributed by atoms with E-state index in [9.17, 15) is 9.59 Å². The highest BCUT2D eigenvalue weighted by Crippen LogP contribution is 2.37. The summed E-state index contributed by atoms with van der Waals surface area (Å²) in [4.78, 5) is 23.7. The van der Waals surface area contributed by atoms with Gasteiger partial charge in [0.2, 0.25) is 0 Å². The Hall–Kier alpha value is -3.08. The van der Waals surface area contributed by atoms with E-state index in [0.717, 1.165) is 23.1 Å². The molecule has 0 saturated carbocycles. The quantitative estimate of drug-likeness (QED) is 0.393. The van der Waals surface area contributed by atoms with E-state index >= 15 is 0 Å². The molecule has 0 radical (unpaired) electrons. The van der Waals surface area contributed by atoms with Gasteiger partial charge in [-0.25, -0.2) is 0 Å². The minimum atomic E-state index is -0.0166. The molecule has 2 aliphatic carbocycles. The minimum absolute atomic E-state index is 0.0166. The average Bonchev–Trinajstić information content (AvgIpc) is 3.32. The van der Waals surface area contributed by atoms with E-state index in [2.05, 4.69) is 0 Å². The monoisotopic (exact) mass is 480 g/mol. The van der Waals surface area contributed by atoms with E-state index in [1.54, 1.807) is 38.5 Å². The van der Waals surface area contributed by atoms with E-state index in [0.29, 0.717) is 51.3 Å². The number of hydrogen-bond donors (Lipinski definition) is 0. The van der Waals surface area contributed by atoms with Crippen LogP contribution in [0.2, 0.25) is 10.0 Å². The summed E-state index contributed by atoms with van der Waals surface area (Å²) in [5.41, 5.74) is 5.20. The maximum atomic E-state index is 12.6. The number of carbonyl (C=O) groups is 2. The molecule has 0 spiro atoms. The molecule has 33 heavy (non-hydrogen) atoms. The third kappa shape index (κ3) is 4.97. The van der Waals surface area contributed by atoms with E-state index in [1.165, 1.54) is 5.56 Å². The molecule has 2 aliphatic rings. The summed E-state index contributed by atoms with van der Waals surface area (Å²) < 4.78 is 10.6. The van der Waals surface area contributed by atoms with Crippen molar-refractivity contribution in [1.29, 1.82) is 0 Å². The van der Waals surface area contributed by atoms with Gasteiger partial charge in [-0.15, -0.1) is 0 Å². The van der Waals surface area contributed by atoms with Crippen LogP contribution >= 0.6 is 23.2 Å². The fourth-order valence-electron chi connectivity index (χ4n) is 4.11. The normalized spacial score (nSPS) is 15.1. The van der Waals surface area contributed by atoms with Gasteiger partial charge >= 0.3 is 0 Å². The molecule has 0 bridgehead atoms. The summed E-state index contributed by atoms with van der Waals surface area (Å²) in [5, 5.41) is 1.08. The molecule has 6 heteroatoms. The zero-order valence-electron chi connectivity index (χ0n) is 18.3. The molecular formula is C27H22Cl2O4. The number of fused-ring (bicyclic) bond motifs is 2.